The minimum atomic E-state index is -2.18. The molecule has 27 heavy (non-hydrogen) atoms. The number of rotatable bonds is 8. The highest BCUT2D eigenvalue weighted by atomic mass is 32.2. The van der Waals surface area contributed by atoms with Gasteiger partial charge in [0, 0.05) is 0 Å². The molecule has 0 atom stereocenters. The van der Waals surface area contributed by atoms with Gasteiger partial charge in [0.05, 0.1) is 12.9 Å². The Morgan fingerprint density at radius 1 is 0.778 bits per heavy atom. The second kappa shape index (κ2) is 9.58. The molecule has 2 nitrogen and oxygen atoms in total. The molecule has 0 spiro atoms. The Morgan fingerprint density at radius 2 is 1.19 bits per heavy atom. The molecule has 0 heterocycles. The fourth-order valence-corrected chi connectivity index (χ4v) is 9.92. The van der Waals surface area contributed by atoms with Crippen LogP contribution in [0.1, 0.15) is 0 Å². The lowest BCUT2D eigenvalue weighted by Crippen LogP contribution is -2.67. The van der Waals surface area contributed by atoms with E-state index in [4.69, 9.17) is 4.74 Å². The van der Waals surface area contributed by atoms with Crippen molar-refractivity contribution in [1.82, 2.24) is 0 Å². The van der Waals surface area contributed by atoms with Crippen LogP contribution in [0.5, 0.6) is 0 Å². The number of esters is 1. The molecule has 0 fully saturated rings. The normalized spacial score (nSPS) is 11.1. The molecule has 0 aliphatic rings. The molecule has 0 aromatic heterocycles. The van der Waals surface area contributed by atoms with Crippen molar-refractivity contribution in [2.24, 2.45) is 0 Å². The van der Waals surface area contributed by atoms with Gasteiger partial charge in [0.2, 0.25) is 0 Å². The number of methoxy groups -OCH3 is 1. The van der Waals surface area contributed by atoms with Crippen LogP contribution in [0.25, 0.3) is 0 Å². The summed E-state index contributed by atoms with van der Waals surface area (Å²) in [5.41, 5.74) is 0. The summed E-state index contributed by atoms with van der Waals surface area (Å²) in [6.45, 7) is 0. The lowest BCUT2D eigenvalue weighted by atomic mass is 10.3. The zero-order valence-corrected chi connectivity index (χ0v) is 17.3. The first-order valence-corrected chi connectivity index (χ1v) is 12.4. The van der Waals surface area contributed by atoms with Gasteiger partial charge in [-0.1, -0.05) is 91.0 Å². The fourth-order valence-electron chi connectivity index (χ4n) is 3.54. The number of thioether (sulfide) groups is 1. The molecular formula is C23H24O2SSi. The van der Waals surface area contributed by atoms with Crippen LogP contribution >= 0.6 is 11.8 Å². The van der Waals surface area contributed by atoms with Crippen molar-refractivity contribution in [3.63, 3.8) is 0 Å². The van der Waals surface area contributed by atoms with Crippen LogP contribution in [0.2, 0.25) is 6.04 Å². The number of hydrogen-bond donors (Lipinski definition) is 0. The minimum Gasteiger partial charge on any atom is -0.468 e. The topological polar surface area (TPSA) is 26.3 Å². The summed E-state index contributed by atoms with van der Waals surface area (Å²) in [6, 6.07) is 33.6. The Kier molecular flexibility index (Phi) is 6.90. The van der Waals surface area contributed by atoms with E-state index in [1.807, 2.05) is 0 Å². The Bertz CT molecular complexity index is 741. The monoisotopic (exact) mass is 392 g/mol. The minimum absolute atomic E-state index is 0.161. The van der Waals surface area contributed by atoms with E-state index < -0.39 is 8.07 Å². The molecule has 0 radical (unpaired) electrons. The summed E-state index contributed by atoms with van der Waals surface area (Å²) in [5.74, 6) is 1.16. The highest BCUT2D eigenvalue weighted by molar-refractivity contribution is 8.00. The quantitative estimate of drug-likeness (QED) is 0.255. The Morgan fingerprint density at radius 3 is 1.56 bits per heavy atom. The van der Waals surface area contributed by atoms with Gasteiger partial charge in [-0.3, -0.25) is 4.79 Å². The molecule has 0 unspecified atom stereocenters. The van der Waals surface area contributed by atoms with Gasteiger partial charge in [-0.25, -0.2) is 0 Å². The highest BCUT2D eigenvalue weighted by Crippen LogP contribution is 2.17. The zero-order chi connectivity index (χ0) is 19.0. The lowest BCUT2D eigenvalue weighted by Gasteiger charge is -2.33. The molecule has 0 N–H and O–H groups in total. The van der Waals surface area contributed by atoms with Gasteiger partial charge >= 0.3 is 5.97 Å². The van der Waals surface area contributed by atoms with Crippen molar-refractivity contribution >= 4 is 41.4 Å². The Labute approximate surface area is 166 Å². The van der Waals surface area contributed by atoms with E-state index in [0.29, 0.717) is 5.75 Å². The van der Waals surface area contributed by atoms with Gasteiger partial charge in [0.25, 0.3) is 0 Å². The molecule has 3 rings (SSSR count). The van der Waals surface area contributed by atoms with Crippen LogP contribution in [0.4, 0.5) is 0 Å². The van der Waals surface area contributed by atoms with Crippen LogP contribution in [0.3, 0.4) is 0 Å². The zero-order valence-electron chi connectivity index (χ0n) is 15.5. The molecule has 0 saturated heterocycles. The van der Waals surface area contributed by atoms with E-state index in [2.05, 4.69) is 91.0 Å². The maximum absolute atomic E-state index is 11.5. The number of ether oxygens (including phenoxy) is 1. The first kappa shape index (κ1) is 19.5. The van der Waals surface area contributed by atoms with Crippen molar-refractivity contribution in [2.45, 2.75) is 6.04 Å². The maximum atomic E-state index is 11.5. The molecule has 3 aromatic carbocycles. The van der Waals surface area contributed by atoms with Crippen LogP contribution in [0.15, 0.2) is 91.0 Å². The third-order valence-corrected chi connectivity index (χ3v) is 11.1. The van der Waals surface area contributed by atoms with Crippen LogP contribution < -0.4 is 15.6 Å². The van der Waals surface area contributed by atoms with Gasteiger partial charge in [-0.15, -0.1) is 0 Å². The van der Waals surface area contributed by atoms with E-state index >= 15 is 0 Å². The van der Waals surface area contributed by atoms with E-state index in [-0.39, 0.29) is 5.97 Å². The Balaban J connectivity index is 2.04. The van der Waals surface area contributed by atoms with E-state index in [1.165, 1.54) is 22.7 Å². The average Bonchev–Trinajstić information content (AvgIpc) is 2.75. The summed E-state index contributed by atoms with van der Waals surface area (Å²) in [7, 11) is -0.735. The van der Waals surface area contributed by atoms with Crippen molar-refractivity contribution in [2.75, 3.05) is 18.6 Å². The largest absolute Gasteiger partial charge is 0.468 e. The van der Waals surface area contributed by atoms with Crippen LogP contribution in [0, 0.1) is 0 Å². The third kappa shape index (κ3) is 4.52. The highest BCUT2D eigenvalue weighted by Gasteiger charge is 2.38. The summed E-state index contributed by atoms with van der Waals surface area (Å²) >= 11 is 1.66. The summed E-state index contributed by atoms with van der Waals surface area (Å²) in [4.78, 5) is 11.5. The molecule has 0 bridgehead atoms. The molecular weight excluding hydrogens is 368 g/mol. The first-order chi connectivity index (χ1) is 13.3. The third-order valence-electron chi connectivity index (χ3n) is 4.87. The van der Waals surface area contributed by atoms with Gasteiger partial charge in [0.1, 0.15) is 8.07 Å². The number of carbonyl (C=O) groups excluding carboxylic acids is 1. The van der Waals surface area contributed by atoms with Crippen molar-refractivity contribution < 1.29 is 9.53 Å². The molecule has 0 aliphatic carbocycles. The summed E-state index contributed by atoms with van der Waals surface area (Å²) in [5, 5.41) is 4.21. The van der Waals surface area contributed by atoms with Gasteiger partial charge in [-0.05, 0) is 27.4 Å². The smallest absolute Gasteiger partial charge is 0.315 e. The van der Waals surface area contributed by atoms with Crippen LogP contribution in [-0.2, 0) is 9.53 Å². The fraction of sp³-hybridized carbons (Fsp3) is 0.174. The van der Waals surface area contributed by atoms with E-state index in [0.717, 1.165) is 11.8 Å². The first-order valence-electron chi connectivity index (χ1n) is 9.08. The molecule has 0 saturated carbocycles. The number of carbonyl (C=O) groups is 1. The molecule has 4 heteroatoms. The Hall–Kier alpha value is -2.30. The molecule has 0 aliphatic heterocycles. The van der Waals surface area contributed by atoms with Crippen molar-refractivity contribution in [3.05, 3.63) is 91.0 Å². The van der Waals surface area contributed by atoms with Crippen molar-refractivity contribution in [1.29, 1.82) is 0 Å². The average molecular weight is 393 g/mol. The van der Waals surface area contributed by atoms with Gasteiger partial charge < -0.3 is 4.74 Å². The molecule has 138 valence electrons. The van der Waals surface area contributed by atoms with Gasteiger partial charge in [-0.2, -0.15) is 11.8 Å². The predicted molar refractivity (Wildman–Crippen MR) is 118 cm³/mol. The van der Waals surface area contributed by atoms with E-state index in [9.17, 15) is 4.79 Å². The van der Waals surface area contributed by atoms with E-state index in [1.54, 1.807) is 11.8 Å². The molecule has 0 amide bonds. The van der Waals surface area contributed by atoms with Gasteiger partial charge in [0.15, 0.2) is 0 Å². The standard InChI is InChI=1S/C23H24O2SSi/c1-25-23(24)19-26-17-18-27(20-11-5-2-6-12-20,21-13-7-3-8-14-21)22-15-9-4-10-16-22/h2-16H,17-19H2,1H3. The SMILES string of the molecule is COC(=O)CSCC[Si](c1ccccc1)(c1ccccc1)c1ccccc1. The lowest BCUT2D eigenvalue weighted by molar-refractivity contribution is -0.137. The second-order valence-corrected chi connectivity index (χ2v) is 11.5. The van der Waals surface area contributed by atoms with Crippen LogP contribution in [-0.4, -0.2) is 32.7 Å². The second-order valence-electron chi connectivity index (χ2n) is 6.38. The summed E-state index contributed by atoms with van der Waals surface area (Å²) < 4.78 is 4.79. The maximum Gasteiger partial charge on any atom is 0.315 e. The number of hydrogen-bond acceptors (Lipinski definition) is 3. The predicted octanol–water partition coefficient (Wildman–Crippen LogP) is 3.06. The summed E-state index contributed by atoms with van der Waals surface area (Å²) in [6.07, 6.45) is 0. The van der Waals surface area contributed by atoms with Crippen molar-refractivity contribution in [3.8, 4) is 0 Å². The molecule has 3 aromatic rings. The number of benzene rings is 3.